The lowest BCUT2D eigenvalue weighted by Gasteiger charge is -2.20. The quantitative estimate of drug-likeness (QED) is 0.242. The number of ketones is 1. The van der Waals surface area contributed by atoms with Crippen LogP contribution < -0.4 is 9.47 Å². The molecule has 188 valence electrons. The molecule has 7 heteroatoms. The second-order valence-electron chi connectivity index (χ2n) is 8.95. The number of benzene rings is 3. The van der Waals surface area contributed by atoms with E-state index in [4.69, 9.17) is 21.1 Å². The van der Waals surface area contributed by atoms with Crippen LogP contribution in [0.1, 0.15) is 39.9 Å². The number of Topliss-reactive ketones (excluding diaryl/α,β-unsaturated/α-hetero) is 1. The Morgan fingerprint density at radius 2 is 1.64 bits per heavy atom. The predicted molar refractivity (Wildman–Crippen MR) is 145 cm³/mol. The van der Waals surface area contributed by atoms with Crippen LogP contribution in [-0.2, 0) is 0 Å². The number of carbonyl (C=O) groups excluding carboxylic acids is 2. The summed E-state index contributed by atoms with van der Waals surface area (Å²) in [5.74, 6) is 0.756. The molecule has 1 amide bonds. The molecule has 1 aliphatic rings. The van der Waals surface area contributed by atoms with E-state index in [1.165, 1.54) is 0 Å². The van der Waals surface area contributed by atoms with Gasteiger partial charge in [0.05, 0.1) is 6.61 Å². The lowest BCUT2D eigenvalue weighted by Crippen LogP contribution is -2.32. The number of halogens is 1. The van der Waals surface area contributed by atoms with Gasteiger partial charge >= 0.3 is 6.09 Å². The number of aryl methyl sites for hydroxylation is 2. The molecule has 0 aromatic heterocycles. The molecule has 1 aliphatic heterocycles. The fraction of sp³-hybridized carbons (Fsp3) is 0.310. The van der Waals surface area contributed by atoms with Gasteiger partial charge < -0.3 is 14.4 Å². The van der Waals surface area contributed by atoms with Crippen LogP contribution in [0.2, 0.25) is 5.02 Å². The third kappa shape index (κ3) is 5.71. The summed E-state index contributed by atoms with van der Waals surface area (Å²) in [4.78, 5) is 29.5. The molecule has 1 heterocycles. The van der Waals surface area contributed by atoms with Gasteiger partial charge in [0, 0.05) is 40.4 Å². The fourth-order valence-electron chi connectivity index (χ4n) is 4.76. The number of hydrogen-bond acceptors (Lipinski definition) is 5. The number of nitrogens with zero attached hydrogens (tertiary/aromatic N) is 1. The lowest BCUT2D eigenvalue weighted by atomic mass is 9.82. The van der Waals surface area contributed by atoms with Crippen LogP contribution in [0.15, 0.2) is 65.6 Å². The van der Waals surface area contributed by atoms with Crippen molar-refractivity contribution in [3.8, 4) is 11.5 Å². The van der Waals surface area contributed by atoms with Gasteiger partial charge in [0.15, 0.2) is 5.78 Å². The zero-order valence-corrected chi connectivity index (χ0v) is 22.5. The molecule has 0 aliphatic carbocycles. The summed E-state index contributed by atoms with van der Waals surface area (Å²) in [5.41, 5.74) is 3.71. The van der Waals surface area contributed by atoms with Crippen molar-refractivity contribution in [1.82, 2.24) is 4.90 Å². The van der Waals surface area contributed by atoms with Gasteiger partial charge in [-0.2, -0.15) is 0 Å². The zero-order chi connectivity index (χ0) is 25.8. The summed E-state index contributed by atoms with van der Waals surface area (Å²) in [6.45, 7) is 7.25. The van der Waals surface area contributed by atoms with Crippen LogP contribution in [0, 0.1) is 19.8 Å². The van der Waals surface area contributed by atoms with E-state index in [1.54, 1.807) is 40.9 Å². The van der Waals surface area contributed by atoms with Crippen LogP contribution in [0.4, 0.5) is 4.79 Å². The molecular formula is C29H30ClNO4S. The lowest BCUT2D eigenvalue weighted by molar-refractivity contribution is 0.0914. The number of carbonyl (C=O) groups is 2. The molecule has 1 fully saturated rings. The second kappa shape index (κ2) is 11.4. The van der Waals surface area contributed by atoms with Crippen LogP contribution in [0.5, 0.6) is 11.5 Å². The molecule has 0 radical (unpaired) electrons. The summed E-state index contributed by atoms with van der Waals surface area (Å²) in [5, 5.41) is 0.565. The fourth-order valence-corrected chi connectivity index (χ4v) is 5.30. The first kappa shape index (κ1) is 26.1. The maximum absolute atomic E-state index is 13.7. The second-order valence-corrected chi connectivity index (χ2v) is 10.3. The van der Waals surface area contributed by atoms with E-state index in [-0.39, 0.29) is 24.2 Å². The highest BCUT2D eigenvalue weighted by Crippen LogP contribution is 2.38. The standard InChI is InChI=1S/C29H30ClNO4S/c1-5-34-28-18(2)14-21(15-19(28)3)25-16-31(29(33)35-23-10-8-22(30)9-11-23)17-26(25)27(32)20-6-12-24(36-4)13-7-20/h6-15,25-26H,5,16-17H2,1-4H3/t25-,26+/m1/s1. The van der Waals surface area contributed by atoms with Crippen molar-refractivity contribution in [2.45, 2.75) is 31.6 Å². The Bertz CT molecular complexity index is 1220. The summed E-state index contributed by atoms with van der Waals surface area (Å²) in [7, 11) is 0. The molecule has 3 aromatic carbocycles. The molecule has 5 nitrogen and oxygen atoms in total. The minimum Gasteiger partial charge on any atom is -0.493 e. The van der Waals surface area contributed by atoms with Crippen LogP contribution >= 0.6 is 23.4 Å². The number of hydrogen-bond donors (Lipinski definition) is 0. The minimum absolute atomic E-state index is 0.0265. The predicted octanol–water partition coefficient (Wildman–Crippen LogP) is 7.17. The molecular weight excluding hydrogens is 494 g/mol. The maximum atomic E-state index is 13.7. The molecule has 0 N–H and O–H groups in total. The van der Waals surface area contributed by atoms with E-state index in [1.807, 2.05) is 51.3 Å². The van der Waals surface area contributed by atoms with Crippen molar-refractivity contribution in [3.05, 3.63) is 87.9 Å². The van der Waals surface area contributed by atoms with Gasteiger partial charge in [-0.05, 0) is 80.1 Å². The number of amides is 1. The van der Waals surface area contributed by atoms with Crippen molar-refractivity contribution in [1.29, 1.82) is 0 Å². The normalized spacial score (nSPS) is 17.2. The van der Waals surface area contributed by atoms with Crippen molar-refractivity contribution >= 4 is 35.2 Å². The van der Waals surface area contributed by atoms with Gasteiger partial charge in [0.25, 0.3) is 0 Å². The van der Waals surface area contributed by atoms with Crippen molar-refractivity contribution in [3.63, 3.8) is 0 Å². The largest absolute Gasteiger partial charge is 0.493 e. The van der Waals surface area contributed by atoms with Gasteiger partial charge in [-0.15, -0.1) is 11.8 Å². The van der Waals surface area contributed by atoms with Gasteiger partial charge in [-0.1, -0.05) is 35.9 Å². The molecule has 3 aromatic rings. The third-order valence-corrected chi connectivity index (χ3v) is 7.50. The number of rotatable bonds is 7. The van der Waals surface area contributed by atoms with E-state index >= 15 is 0 Å². The number of ether oxygens (including phenoxy) is 2. The van der Waals surface area contributed by atoms with Crippen molar-refractivity contribution in [2.75, 3.05) is 26.0 Å². The molecule has 36 heavy (non-hydrogen) atoms. The molecule has 0 bridgehead atoms. The minimum atomic E-state index is -0.477. The van der Waals surface area contributed by atoms with E-state index in [9.17, 15) is 9.59 Å². The Balaban J connectivity index is 1.64. The van der Waals surface area contributed by atoms with E-state index in [2.05, 4.69) is 12.1 Å². The molecule has 4 rings (SSSR count). The summed E-state index contributed by atoms with van der Waals surface area (Å²) in [6, 6.07) is 18.5. The summed E-state index contributed by atoms with van der Waals surface area (Å²) in [6.07, 6.45) is 1.53. The van der Waals surface area contributed by atoms with Gasteiger partial charge in [-0.25, -0.2) is 4.79 Å². The molecule has 0 spiro atoms. The highest BCUT2D eigenvalue weighted by Gasteiger charge is 2.41. The molecule has 1 saturated heterocycles. The summed E-state index contributed by atoms with van der Waals surface area (Å²) < 4.78 is 11.4. The Morgan fingerprint density at radius 3 is 2.22 bits per heavy atom. The zero-order valence-electron chi connectivity index (χ0n) is 20.9. The Morgan fingerprint density at radius 1 is 1.00 bits per heavy atom. The maximum Gasteiger partial charge on any atom is 0.415 e. The van der Waals surface area contributed by atoms with Crippen molar-refractivity contribution < 1.29 is 19.1 Å². The SMILES string of the molecule is CCOc1c(C)cc([C@H]2CN(C(=O)Oc3ccc(Cl)cc3)C[C@@H]2C(=O)c2ccc(SC)cc2)cc1C. The Labute approximate surface area is 221 Å². The highest BCUT2D eigenvalue weighted by molar-refractivity contribution is 7.98. The molecule has 0 unspecified atom stereocenters. The third-order valence-electron chi connectivity index (χ3n) is 6.51. The van der Waals surface area contributed by atoms with E-state index < -0.39 is 6.09 Å². The highest BCUT2D eigenvalue weighted by atomic mass is 35.5. The average Bonchev–Trinajstić information content (AvgIpc) is 3.33. The molecule has 2 atom stereocenters. The van der Waals surface area contributed by atoms with E-state index in [0.29, 0.717) is 29.5 Å². The van der Waals surface area contributed by atoms with Crippen LogP contribution in [0.3, 0.4) is 0 Å². The molecule has 0 saturated carbocycles. The van der Waals surface area contributed by atoms with Gasteiger partial charge in [0.2, 0.25) is 0 Å². The first-order valence-electron chi connectivity index (χ1n) is 11.9. The monoisotopic (exact) mass is 523 g/mol. The van der Waals surface area contributed by atoms with Crippen LogP contribution in [-0.4, -0.2) is 42.7 Å². The first-order chi connectivity index (χ1) is 17.3. The first-order valence-corrected chi connectivity index (χ1v) is 13.6. The van der Waals surface area contributed by atoms with Crippen LogP contribution in [0.25, 0.3) is 0 Å². The smallest absolute Gasteiger partial charge is 0.415 e. The van der Waals surface area contributed by atoms with Gasteiger partial charge in [0.1, 0.15) is 11.5 Å². The van der Waals surface area contributed by atoms with Crippen molar-refractivity contribution in [2.24, 2.45) is 5.92 Å². The Hall–Kier alpha value is -2.96. The average molecular weight is 524 g/mol. The number of thioether (sulfide) groups is 1. The topological polar surface area (TPSA) is 55.8 Å². The Kier molecular flexibility index (Phi) is 8.27. The van der Waals surface area contributed by atoms with E-state index in [0.717, 1.165) is 27.3 Å². The number of likely N-dealkylation sites (tertiary alicyclic amines) is 1. The van der Waals surface area contributed by atoms with Gasteiger partial charge in [-0.3, -0.25) is 4.79 Å². The summed E-state index contributed by atoms with van der Waals surface area (Å²) >= 11 is 7.58.